The summed E-state index contributed by atoms with van der Waals surface area (Å²) in [6, 6.07) is 0.582. The van der Waals surface area contributed by atoms with Crippen molar-refractivity contribution in [2.75, 3.05) is 26.7 Å². The van der Waals surface area contributed by atoms with Crippen LogP contribution in [0.15, 0.2) is 0 Å². The van der Waals surface area contributed by atoms with Crippen LogP contribution in [0.5, 0.6) is 0 Å². The maximum absolute atomic E-state index is 11.8. The number of carbonyl (C=O) groups is 1. The predicted octanol–water partition coefficient (Wildman–Crippen LogP) is 0.884. The van der Waals surface area contributed by atoms with Gasteiger partial charge in [0.2, 0.25) is 0 Å². The van der Waals surface area contributed by atoms with E-state index in [1.165, 1.54) is 0 Å². The largest absolute Gasteiger partial charge is 0.335 e. The zero-order valence-electron chi connectivity index (χ0n) is 9.92. The Balaban J connectivity index is 1.90. The van der Waals surface area contributed by atoms with Gasteiger partial charge in [-0.05, 0) is 33.7 Å². The molecule has 2 amide bonds. The summed E-state index contributed by atoms with van der Waals surface area (Å²) in [6.45, 7) is 7.00. The highest BCUT2D eigenvalue weighted by Crippen LogP contribution is 2.21. The summed E-state index contributed by atoms with van der Waals surface area (Å²) in [4.78, 5) is 16.1. The van der Waals surface area contributed by atoms with Crippen LogP contribution in [0.3, 0.4) is 0 Å². The Kier molecular flexibility index (Phi) is 2.63. The highest BCUT2D eigenvalue weighted by Gasteiger charge is 2.34. The van der Waals surface area contributed by atoms with Crippen LogP contribution in [0.4, 0.5) is 4.79 Å². The van der Waals surface area contributed by atoms with Gasteiger partial charge < -0.3 is 10.2 Å². The normalized spacial score (nSPS) is 26.5. The third-order valence-electron chi connectivity index (χ3n) is 3.51. The van der Waals surface area contributed by atoms with E-state index in [0.29, 0.717) is 6.04 Å². The number of urea groups is 1. The molecule has 1 aliphatic heterocycles. The van der Waals surface area contributed by atoms with Crippen molar-refractivity contribution >= 4 is 6.03 Å². The molecule has 2 rings (SSSR count). The van der Waals surface area contributed by atoms with Crippen molar-refractivity contribution in [1.82, 2.24) is 15.1 Å². The summed E-state index contributed by atoms with van der Waals surface area (Å²) in [5.41, 5.74) is 0.0964. The van der Waals surface area contributed by atoms with Gasteiger partial charge in [-0.1, -0.05) is 0 Å². The molecule has 0 aromatic carbocycles. The fraction of sp³-hybridized carbons (Fsp3) is 0.909. The molecule has 0 spiro atoms. The van der Waals surface area contributed by atoms with Crippen LogP contribution in [0.2, 0.25) is 0 Å². The zero-order valence-corrected chi connectivity index (χ0v) is 9.92. The number of hydrogen-bond acceptors (Lipinski definition) is 2. The summed E-state index contributed by atoms with van der Waals surface area (Å²) >= 11 is 0. The molecule has 0 atom stereocenters. The average Bonchev–Trinajstić information content (AvgIpc) is 2.93. The van der Waals surface area contributed by atoms with Gasteiger partial charge in [0.15, 0.2) is 0 Å². The molecular formula is C11H21N3O. The minimum absolute atomic E-state index is 0.0964. The summed E-state index contributed by atoms with van der Waals surface area (Å²) < 4.78 is 0. The molecule has 4 nitrogen and oxygen atoms in total. The second kappa shape index (κ2) is 3.67. The van der Waals surface area contributed by atoms with E-state index in [1.54, 1.807) is 0 Å². The number of nitrogens with one attached hydrogen (secondary N) is 1. The van der Waals surface area contributed by atoms with Crippen LogP contribution in [0.1, 0.15) is 26.7 Å². The second-order valence-electron chi connectivity index (χ2n) is 5.38. The Morgan fingerprint density at radius 3 is 2.53 bits per heavy atom. The number of hydrogen-bond donors (Lipinski definition) is 1. The maximum atomic E-state index is 11.8. The molecule has 0 unspecified atom stereocenters. The molecular weight excluding hydrogens is 190 g/mol. The number of nitrogens with zero attached hydrogens (tertiary/aromatic N) is 2. The molecule has 1 saturated carbocycles. The molecule has 1 N–H and O–H groups in total. The Morgan fingerprint density at radius 2 is 2.00 bits per heavy atom. The Hall–Kier alpha value is -0.770. The summed E-state index contributed by atoms with van der Waals surface area (Å²) in [5.74, 6) is 0. The van der Waals surface area contributed by atoms with Gasteiger partial charge in [0.05, 0.1) is 0 Å². The topological polar surface area (TPSA) is 35.6 Å². The molecule has 2 aliphatic rings. The van der Waals surface area contributed by atoms with Crippen molar-refractivity contribution in [3.8, 4) is 0 Å². The van der Waals surface area contributed by atoms with E-state index >= 15 is 0 Å². The molecule has 1 saturated heterocycles. The van der Waals surface area contributed by atoms with Crippen LogP contribution >= 0.6 is 0 Å². The molecule has 2 fully saturated rings. The van der Waals surface area contributed by atoms with E-state index < -0.39 is 0 Å². The zero-order chi connectivity index (χ0) is 11.1. The number of likely N-dealkylation sites (N-methyl/N-ethyl adjacent to an activating group) is 1. The van der Waals surface area contributed by atoms with Crippen molar-refractivity contribution in [2.24, 2.45) is 0 Å². The predicted molar refractivity (Wildman–Crippen MR) is 59.8 cm³/mol. The van der Waals surface area contributed by atoms with E-state index in [0.717, 1.165) is 32.5 Å². The molecule has 4 heteroatoms. The first-order valence-corrected chi connectivity index (χ1v) is 5.76. The molecule has 0 bridgehead atoms. The van der Waals surface area contributed by atoms with Crippen molar-refractivity contribution in [3.63, 3.8) is 0 Å². The molecule has 1 heterocycles. The van der Waals surface area contributed by atoms with Gasteiger partial charge in [-0.15, -0.1) is 0 Å². The van der Waals surface area contributed by atoms with E-state index in [9.17, 15) is 4.79 Å². The van der Waals surface area contributed by atoms with Crippen LogP contribution in [-0.2, 0) is 0 Å². The first-order chi connectivity index (χ1) is 6.99. The lowest BCUT2D eigenvalue weighted by atomic mass is 10.0. The highest BCUT2D eigenvalue weighted by atomic mass is 16.2. The standard InChI is InChI=1S/C11H21N3O/c1-11(2)8-14(7-6-13(11)3)10(15)12-9-4-5-9/h9H,4-8H2,1-3H3,(H,12,15). The molecule has 1 aliphatic carbocycles. The minimum atomic E-state index is 0.0964. The quantitative estimate of drug-likeness (QED) is 0.699. The van der Waals surface area contributed by atoms with E-state index in [4.69, 9.17) is 0 Å². The van der Waals surface area contributed by atoms with Crippen molar-refractivity contribution in [1.29, 1.82) is 0 Å². The third-order valence-corrected chi connectivity index (χ3v) is 3.51. The van der Waals surface area contributed by atoms with Gasteiger partial charge >= 0.3 is 6.03 Å². The number of carbonyl (C=O) groups excluding carboxylic acids is 1. The monoisotopic (exact) mass is 211 g/mol. The average molecular weight is 211 g/mol. The van der Waals surface area contributed by atoms with Gasteiger partial charge in [-0.25, -0.2) is 4.79 Å². The lowest BCUT2D eigenvalue weighted by Gasteiger charge is -2.45. The SMILES string of the molecule is CN1CCN(C(=O)NC2CC2)CC1(C)C. The third kappa shape index (κ3) is 2.43. The maximum Gasteiger partial charge on any atom is 0.317 e. The minimum Gasteiger partial charge on any atom is -0.335 e. The van der Waals surface area contributed by atoms with Crippen molar-refractivity contribution in [2.45, 2.75) is 38.3 Å². The second-order valence-corrected chi connectivity index (χ2v) is 5.38. The van der Waals surface area contributed by atoms with E-state index in [2.05, 4.69) is 31.1 Å². The number of amides is 2. The Bertz CT molecular complexity index is 261. The van der Waals surface area contributed by atoms with Gasteiger partial charge in [-0.3, -0.25) is 4.90 Å². The van der Waals surface area contributed by atoms with Crippen LogP contribution in [0, 0.1) is 0 Å². The Labute approximate surface area is 91.6 Å². The van der Waals surface area contributed by atoms with Crippen LogP contribution in [-0.4, -0.2) is 54.1 Å². The first kappa shape index (κ1) is 10.7. The van der Waals surface area contributed by atoms with Crippen molar-refractivity contribution < 1.29 is 4.79 Å². The first-order valence-electron chi connectivity index (χ1n) is 5.76. The van der Waals surface area contributed by atoms with Crippen molar-refractivity contribution in [3.05, 3.63) is 0 Å². The molecule has 86 valence electrons. The van der Waals surface area contributed by atoms with E-state index in [-0.39, 0.29) is 11.6 Å². The Morgan fingerprint density at radius 1 is 1.33 bits per heavy atom. The molecule has 15 heavy (non-hydrogen) atoms. The number of rotatable bonds is 1. The summed E-state index contributed by atoms with van der Waals surface area (Å²) in [6.07, 6.45) is 2.31. The fourth-order valence-corrected chi connectivity index (χ4v) is 1.91. The lowest BCUT2D eigenvalue weighted by Crippen LogP contribution is -2.60. The molecule has 0 radical (unpaired) electrons. The summed E-state index contributed by atoms with van der Waals surface area (Å²) in [5, 5.41) is 3.04. The van der Waals surface area contributed by atoms with Crippen LogP contribution in [0.25, 0.3) is 0 Å². The smallest absolute Gasteiger partial charge is 0.317 e. The van der Waals surface area contributed by atoms with Gasteiger partial charge in [0.1, 0.15) is 0 Å². The summed E-state index contributed by atoms with van der Waals surface area (Å²) in [7, 11) is 2.12. The lowest BCUT2D eigenvalue weighted by molar-refractivity contribution is 0.0570. The van der Waals surface area contributed by atoms with E-state index in [1.807, 2.05) is 4.90 Å². The molecule has 0 aromatic heterocycles. The fourth-order valence-electron chi connectivity index (χ4n) is 1.91. The van der Waals surface area contributed by atoms with Gasteiger partial charge in [-0.2, -0.15) is 0 Å². The van der Waals surface area contributed by atoms with Gasteiger partial charge in [0.25, 0.3) is 0 Å². The highest BCUT2D eigenvalue weighted by molar-refractivity contribution is 5.75. The van der Waals surface area contributed by atoms with Gasteiger partial charge in [0, 0.05) is 31.2 Å². The number of piperazine rings is 1. The van der Waals surface area contributed by atoms with Crippen LogP contribution < -0.4 is 5.32 Å². The molecule has 0 aromatic rings.